The third-order valence-electron chi connectivity index (χ3n) is 3.86. The molecule has 0 amide bonds. The Labute approximate surface area is 132 Å². The summed E-state index contributed by atoms with van der Waals surface area (Å²) in [4.78, 5) is 6.59. The molecule has 2 N–H and O–H groups in total. The van der Waals surface area contributed by atoms with E-state index in [1.165, 1.54) is 11.1 Å². The van der Waals surface area contributed by atoms with Crippen LogP contribution in [0.2, 0.25) is 0 Å². The van der Waals surface area contributed by atoms with E-state index in [4.69, 9.17) is 5.73 Å². The molecule has 3 rings (SSSR count). The van der Waals surface area contributed by atoms with Gasteiger partial charge in [-0.1, -0.05) is 24.3 Å². The zero-order valence-electron chi connectivity index (χ0n) is 11.5. The van der Waals surface area contributed by atoms with E-state index in [0.717, 1.165) is 17.4 Å². The molecule has 1 aliphatic heterocycles. The number of benzene rings is 1. The quantitative estimate of drug-likeness (QED) is 0.911. The Morgan fingerprint density at radius 1 is 1.43 bits per heavy atom. The number of hydrogen-bond donors (Lipinski definition) is 1. The molecule has 0 saturated carbocycles. The van der Waals surface area contributed by atoms with Crippen LogP contribution < -0.4 is 10.6 Å². The summed E-state index contributed by atoms with van der Waals surface area (Å²) in [6.45, 7) is 1.32. The van der Waals surface area contributed by atoms with Crippen LogP contribution in [-0.2, 0) is 6.42 Å². The molecule has 0 spiro atoms. The number of anilines is 1. The third kappa shape index (κ3) is 2.53. The van der Waals surface area contributed by atoms with E-state index in [1.54, 1.807) is 12.3 Å². The lowest BCUT2D eigenvalue weighted by molar-refractivity contribution is 0.583. The highest BCUT2D eigenvalue weighted by atomic mass is 79.9. The van der Waals surface area contributed by atoms with E-state index in [2.05, 4.69) is 50.1 Å². The number of nitrogens with two attached hydrogens (primary N) is 1. The van der Waals surface area contributed by atoms with Crippen LogP contribution in [-0.4, -0.2) is 18.1 Å². The Kier molecular flexibility index (Phi) is 3.91. The first-order chi connectivity index (χ1) is 10.2. The second-order valence-corrected chi connectivity index (χ2v) is 5.95. The molecule has 1 aromatic heterocycles. The highest BCUT2D eigenvalue weighted by Gasteiger charge is 2.28. The minimum atomic E-state index is 0.0655. The second kappa shape index (κ2) is 5.84. The van der Waals surface area contributed by atoms with Crippen molar-refractivity contribution in [1.82, 2.24) is 4.98 Å². The summed E-state index contributed by atoms with van der Waals surface area (Å²) in [7, 11) is 0. The van der Waals surface area contributed by atoms with E-state index in [-0.39, 0.29) is 6.04 Å². The monoisotopic (exact) mass is 342 g/mol. The maximum atomic E-state index is 9.36. The van der Waals surface area contributed by atoms with Gasteiger partial charge in [-0.2, -0.15) is 5.26 Å². The Hall–Kier alpha value is -1.90. The molecule has 2 aromatic rings. The molecular formula is C16H15BrN4. The number of aromatic nitrogens is 1. The predicted molar refractivity (Wildman–Crippen MR) is 85.9 cm³/mol. The van der Waals surface area contributed by atoms with Crippen molar-refractivity contribution in [2.75, 3.05) is 18.0 Å². The summed E-state index contributed by atoms with van der Waals surface area (Å²) in [5.74, 6) is 0.714. The molecule has 1 unspecified atom stereocenters. The number of rotatable bonds is 2. The van der Waals surface area contributed by atoms with Gasteiger partial charge >= 0.3 is 0 Å². The molecule has 1 aliphatic rings. The first-order valence-electron chi connectivity index (χ1n) is 6.84. The van der Waals surface area contributed by atoms with Crippen LogP contribution in [0.5, 0.6) is 0 Å². The topological polar surface area (TPSA) is 65.9 Å². The molecule has 21 heavy (non-hydrogen) atoms. The van der Waals surface area contributed by atoms with Crippen LogP contribution >= 0.6 is 15.9 Å². The largest absolute Gasteiger partial charge is 0.347 e. The van der Waals surface area contributed by atoms with Gasteiger partial charge in [-0.3, -0.25) is 0 Å². The first kappa shape index (κ1) is 14.1. The van der Waals surface area contributed by atoms with E-state index in [1.807, 2.05) is 6.07 Å². The van der Waals surface area contributed by atoms with Gasteiger partial charge in [-0.25, -0.2) is 4.98 Å². The maximum Gasteiger partial charge on any atom is 0.147 e. The van der Waals surface area contributed by atoms with Gasteiger partial charge in [-0.15, -0.1) is 0 Å². The maximum absolute atomic E-state index is 9.36. The standard InChI is InChI=1S/C16H15BrN4/c17-13-7-12(8-18)16(20-10-13)21-6-5-11-3-1-2-4-14(11)15(21)9-19/h1-4,7,10,15H,5-6,9,19H2. The molecule has 1 atom stereocenters. The van der Waals surface area contributed by atoms with Crippen molar-refractivity contribution in [3.05, 3.63) is 57.7 Å². The molecular weight excluding hydrogens is 328 g/mol. The van der Waals surface area contributed by atoms with Crippen molar-refractivity contribution in [2.24, 2.45) is 5.73 Å². The normalized spacial score (nSPS) is 17.2. The number of nitriles is 1. The van der Waals surface area contributed by atoms with Gasteiger partial charge < -0.3 is 10.6 Å². The van der Waals surface area contributed by atoms with Crippen LogP contribution in [0.25, 0.3) is 0 Å². The molecule has 5 heteroatoms. The molecule has 0 saturated heterocycles. The number of hydrogen-bond acceptors (Lipinski definition) is 4. The van der Waals surface area contributed by atoms with Crippen molar-refractivity contribution < 1.29 is 0 Å². The average molecular weight is 343 g/mol. The molecule has 1 aromatic carbocycles. The number of halogens is 1. The van der Waals surface area contributed by atoms with E-state index in [9.17, 15) is 5.26 Å². The first-order valence-corrected chi connectivity index (χ1v) is 7.64. The zero-order chi connectivity index (χ0) is 14.8. The Morgan fingerprint density at radius 3 is 3.00 bits per heavy atom. The third-order valence-corrected chi connectivity index (χ3v) is 4.30. The van der Waals surface area contributed by atoms with Gasteiger partial charge in [0, 0.05) is 23.8 Å². The Balaban J connectivity index is 2.06. The Morgan fingerprint density at radius 2 is 2.24 bits per heavy atom. The smallest absolute Gasteiger partial charge is 0.147 e. The fourth-order valence-electron chi connectivity index (χ4n) is 2.90. The van der Waals surface area contributed by atoms with Crippen molar-refractivity contribution in [3.63, 3.8) is 0 Å². The van der Waals surface area contributed by atoms with Crippen molar-refractivity contribution >= 4 is 21.7 Å². The van der Waals surface area contributed by atoms with E-state index < -0.39 is 0 Å². The minimum Gasteiger partial charge on any atom is -0.347 e. The second-order valence-electron chi connectivity index (χ2n) is 5.03. The van der Waals surface area contributed by atoms with E-state index >= 15 is 0 Å². The summed E-state index contributed by atoms with van der Waals surface area (Å²) < 4.78 is 0.810. The average Bonchev–Trinajstić information content (AvgIpc) is 2.53. The highest BCUT2D eigenvalue weighted by Crippen LogP contribution is 2.34. The molecule has 0 bridgehead atoms. The summed E-state index contributed by atoms with van der Waals surface area (Å²) >= 11 is 3.36. The number of nitrogens with zero attached hydrogens (tertiary/aromatic N) is 3. The lowest BCUT2D eigenvalue weighted by Crippen LogP contribution is -2.40. The summed E-state index contributed by atoms with van der Waals surface area (Å²) in [5.41, 5.74) is 9.15. The molecule has 4 nitrogen and oxygen atoms in total. The lowest BCUT2D eigenvalue weighted by Gasteiger charge is -2.38. The van der Waals surface area contributed by atoms with Crippen molar-refractivity contribution in [1.29, 1.82) is 5.26 Å². The van der Waals surface area contributed by atoms with Crippen LogP contribution in [0.4, 0.5) is 5.82 Å². The van der Waals surface area contributed by atoms with E-state index in [0.29, 0.717) is 17.9 Å². The molecule has 0 aliphatic carbocycles. The van der Waals surface area contributed by atoms with Gasteiger partial charge in [0.05, 0.1) is 11.6 Å². The number of pyridine rings is 1. The molecule has 106 valence electrons. The van der Waals surface area contributed by atoms with Crippen LogP contribution in [0.15, 0.2) is 41.0 Å². The van der Waals surface area contributed by atoms with Crippen LogP contribution in [0, 0.1) is 11.3 Å². The van der Waals surface area contributed by atoms with Crippen LogP contribution in [0.3, 0.4) is 0 Å². The Bertz CT molecular complexity index is 708. The predicted octanol–water partition coefficient (Wildman–Crippen LogP) is 2.78. The number of fused-ring (bicyclic) bond motifs is 1. The zero-order valence-corrected chi connectivity index (χ0v) is 13.0. The molecule has 0 radical (unpaired) electrons. The summed E-state index contributed by atoms with van der Waals surface area (Å²) in [6, 6.07) is 12.4. The lowest BCUT2D eigenvalue weighted by atomic mass is 9.92. The van der Waals surface area contributed by atoms with Gasteiger partial charge in [-0.05, 0) is 39.5 Å². The fourth-order valence-corrected chi connectivity index (χ4v) is 3.23. The minimum absolute atomic E-state index is 0.0655. The van der Waals surface area contributed by atoms with Crippen molar-refractivity contribution in [2.45, 2.75) is 12.5 Å². The van der Waals surface area contributed by atoms with Gasteiger partial charge in [0.2, 0.25) is 0 Å². The van der Waals surface area contributed by atoms with Gasteiger partial charge in [0.1, 0.15) is 11.9 Å². The fraction of sp³-hybridized carbons (Fsp3) is 0.250. The summed E-state index contributed by atoms with van der Waals surface area (Å²) in [5, 5.41) is 9.36. The van der Waals surface area contributed by atoms with Gasteiger partial charge in [0.15, 0.2) is 0 Å². The van der Waals surface area contributed by atoms with Crippen molar-refractivity contribution in [3.8, 4) is 6.07 Å². The van der Waals surface area contributed by atoms with Gasteiger partial charge in [0.25, 0.3) is 0 Å². The van der Waals surface area contributed by atoms with Crippen LogP contribution in [0.1, 0.15) is 22.7 Å². The molecule has 0 fully saturated rings. The highest BCUT2D eigenvalue weighted by molar-refractivity contribution is 9.10. The summed E-state index contributed by atoms with van der Waals surface area (Å²) in [6.07, 6.45) is 2.67. The molecule has 2 heterocycles. The SMILES string of the molecule is N#Cc1cc(Br)cnc1N1CCc2ccccc2C1CN.